The van der Waals surface area contributed by atoms with Crippen molar-refractivity contribution in [2.45, 2.75) is 119 Å². The minimum atomic E-state index is -0.194. The zero-order chi connectivity index (χ0) is 59.9. The topological polar surface area (TPSA) is 27.8 Å². The van der Waals surface area contributed by atoms with Crippen LogP contribution < -0.4 is 31.1 Å². The Kier molecular flexibility index (Phi) is 12.6. The van der Waals surface area contributed by atoms with Crippen LogP contribution in [0.4, 0.5) is 51.2 Å². The van der Waals surface area contributed by atoms with E-state index in [0.717, 1.165) is 61.9 Å². The van der Waals surface area contributed by atoms with Crippen LogP contribution in [0.2, 0.25) is 0 Å². The highest BCUT2D eigenvalue weighted by atomic mass is 16.3. The molecule has 426 valence electrons. The van der Waals surface area contributed by atoms with Crippen molar-refractivity contribution >= 4 is 107 Å². The number of hydrogen-bond donors (Lipinski definition) is 0. The smallest absolute Gasteiger partial charge is 0.252 e. The molecule has 2 aromatic heterocycles. The van der Waals surface area contributed by atoms with E-state index in [-0.39, 0.29) is 28.4 Å². The van der Waals surface area contributed by atoms with E-state index < -0.39 is 0 Å². The van der Waals surface area contributed by atoms with E-state index in [1.54, 1.807) is 0 Å². The molecular formula is C80H77BN4O. The van der Waals surface area contributed by atoms with Gasteiger partial charge in [-0.05, 0) is 194 Å². The van der Waals surface area contributed by atoms with Crippen LogP contribution in [0.5, 0.6) is 0 Å². The van der Waals surface area contributed by atoms with Crippen LogP contribution >= 0.6 is 0 Å². The number of aryl methyl sites for hydroxylation is 2. The third kappa shape index (κ3) is 9.14. The summed E-state index contributed by atoms with van der Waals surface area (Å²) in [7, 11) is 0. The predicted molar refractivity (Wildman–Crippen MR) is 369 cm³/mol. The number of fused-ring (bicyclic) bond motifs is 8. The molecule has 0 spiro atoms. The first-order chi connectivity index (χ1) is 41.0. The third-order valence-electron chi connectivity index (χ3n) is 18.4. The average Bonchev–Trinajstić information content (AvgIpc) is 0.907. The number of nitrogens with zero attached hydrogens (tertiary/aromatic N) is 4. The second kappa shape index (κ2) is 19.8. The van der Waals surface area contributed by atoms with E-state index in [9.17, 15) is 0 Å². The molecule has 86 heavy (non-hydrogen) atoms. The van der Waals surface area contributed by atoms with Gasteiger partial charge in [-0.1, -0.05) is 186 Å². The Bertz CT molecular complexity index is 4590. The second-order valence-electron chi connectivity index (χ2n) is 28.5. The van der Waals surface area contributed by atoms with Gasteiger partial charge in [0.25, 0.3) is 6.71 Å². The van der Waals surface area contributed by atoms with E-state index in [0.29, 0.717) is 0 Å². The minimum absolute atomic E-state index is 0.0127. The fourth-order valence-corrected chi connectivity index (χ4v) is 13.8. The van der Waals surface area contributed by atoms with Gasteiger partial charge in [-0.15, -0.1) is 0 Å². The molecule has 10 aromatic carbocycles. The van der Waals surface area contributed by atoms with E-state index in [1.807, 2.05) is 6.07 Å². The Morgan fingerprint density at radius 3 is 1.57 bits per heavy atom. The van der Waals surface area contributed by atoms with Gasteiger partial charge in [0.2, 0.25) is 0 Å². The second-order valence-corrected chi connectivity index (χ2v) is 28.5. The van der Waals surface area contributed by atoms with Crippen LogP contribution in [0.3, 0.4) is 0 Å². The number of rotatable bonds is 7. The predicted octanol–water partition coefficient (Wildman–Crippen LogP) is 20.6. The number of anilines is 9. The first-order valence-corrected chi connectivity index (χ1v) is 30.8. The number of furan rings is 1. The summed E-state index contributed by atoms with van der Waals surface area (Å²) in [6.07, 6.45) is 0. The van der Waals surface area contributed by atoms with Gasteiger partial charge in [-0.2, -0.15) is 0 Å². The SMILES string of the molecule is Cc1cc(N2c3ccc(C(C)(C)C)cc3B3c4ccc(N(c5ccc(C(C)(C)C)cc5)c5ccc6c7ccccc7n(-c7ccccc7)c6c5)cc4N(c4ccc(C(C)(C)C)cc4)c4cc(C(C)(C)C)cc2c43)cc(C)c1-c1cc2ccccc2o1. The van der Waals surface area contributed by atoms with Crippen molar-refractivity contribution in [3.63, 3.8) is 0 Å². The van der Waals surface area contributed by atoms with Gasteiger partial charge in [0, 0.05) is 78.6 Å². The zero-order valence-corrected chi connectivity index (χ0v) is 52.5. The summed E-state index contributed by atoms with van der Waals surface area (Å²) in [5.74, 6) is 0.897. The maximum Gasteiger partial charge on any atom is 0.252 e. The Labute approximate surface area is 509 Å². The van der Waals surface area contributed by atoms with Gasteiger partial charge in [-0.3, -0.25) is 0 Å². The molecule has 0 bridgehead atoms. The molecule has 0 radical (unpaired) electrons. The van der Waals surface area contributed by atoms with Crippen molar-refractivity contribution < 1.29 is 4.42 Å². The van der Waals surface area contributed by atoms with Gasteiger partial charge >= 0.3 is 0 Å². The summed E-state index contributed by atoms with van der Waals surface area (Å²) >= 11 is 0. The molecule has 0 unspecified atom stereocenters. The Balaban J connectivity index is 1.04. The van der Waals surface area contributed by atoms with E-state index in [2.05, 4.69) is 322 Å². The van der Waals surface area contributed by atoms with E-state index in [4.69, 9.17) is 4.42 Å². The fraction of sp³-hybridized carbons (Fsp3) is 0.225. The van der Waals surface area contributed by atoms with Gasteiger partial charge in [0.05, 0.1) is 11.0 Å². The maximum atomic E-state index is 6.59. The van der Waals surface area contributed by atoms with Crippen molar-refractivity contribution in [2.75, 3.05) is 14.7 Å². The van der Waals surface area contributed by atoms with Crippen molar-refractivity contribution in [3.8, 4) is 17.0 Å². The fourth-order valence-electron chi connectivity index (χ4n) is 13.8. The average molecular weight is 1120 g/mol. The van der Waals surface area contributed by atoms with Gasteiger partial charge in [-0.25, -0.2) is 0 Å². The van der Waals surface area contributed by atoms with Crippen LogP contribution in [-0.2, 0) is 21.7 Å². The summed E-state index contributed by atoms with van der Waals surface area (Å²) in [6, 6.07) is 80.4. The van der Waals surface area contributed by atoms with E-state index in [1.165, 1.54) is 88.8 Å². The number of benzene rings is 10. The van der Waals surface area contributed by atoms with Gasteiger partial charge in [0.1, 0.15) is 11.3 Å². The molecular weight excluding hydrogens is 1040 g/mol. The molecule has 0 aliphatic carbocycles. The summed E-state index contributed by atoms with van der Waals surface area (Å²) in [5.41, 5.74) is 26.9. The van der Waals surface area contributed by atoms with Gasteiger partial charge < -0.3 is 23.7 Å². The third-order valence-corrected chi connectivity index (χ3v) is 18.4. The van der Waals surface area contributed by atoms with Crippen LogP contribution in [0, 0.1) is 13.8 Å². The highest BCUT2D eigenvalue weighted by Crippen LogP contribution is 2.50. The number of para-hydroxylation sites is 3. The van der Waals surface area contributed by atoms with Crippen molar-refractivity contribution in [1.29, 1.82) is 0 Å². The standard InChI is InChI=1S/C80H77BN4O/c1-50-42-62(43-51(2)75(50)74-44-52-22-18-21-27-73(52)86-74)85-68-41-32-55(79(9,10)11)45-66(68)81-65-40-38-61(49-70(65)84(59-35-30-54(31-36-59)78(6,7)8)71-46-56(80(12,13)14)47-72(85)76(71)81)82(58-33-28-53(29-34-58)77(3,4)5)60-37-39-64-63-25-19-20-26-67(63)83(69(64)48-60)57-23-16-15-17-24-57/h15-49H,1-14H3. The van der Waals surface area contributed by atoms with Crippen molar-refractivity contribution in [2.24, 2.45) is 0 Å². The quantitative estimate of drug-likeness (QED) is 0.149. The Morgan fingerprint density at radius 1 is 0.372 bits per heavy atom. The lowest BCUT2D eigenvalue weighted by Gasteiger charge is -2.46. The van der Waals surface area contributed by atoms with Crippen LogP contribution in [0.15, 0.2) is 217 Å². The molecule has 12 aromatic rings. The molecule has 5 nitrogen and oxygen atoms in total. The minimum Gasteiger partial charge on any atom is -0.456 e. The molecule has 2 aliphatic rings. The molecule has 4 heterocycles. The summed E-state index contributed by atoms with van der Waals surface area (Å²) in [5, 5.41) is 3.57. The Morgan fingerprint density at radius 2 is 0.919 bits per heavy atom. The molecule has 2 aliphatic heterocycles. The van der Waals surface area contributed by atoms with Crippen LogP contribution in [0.1, 0.15) is 116 Å². The number of hydrogen-bond acceptors (Lipinski definition) is 4. The summed E-state index contributed by atoms with van der Waals surface area (Å²) in [6.45, 7) is 32.3. The molecule has 0 fully saturated rings. The lowest BCUT2D eigenvalue weighted by Crippen LogP contribution is -2.61. The first kappa shape index (κ1) is 54.9. The molecule has 0 saturated heterocycles. The summed E-state index contributed by atoms with van der Waals surface area (Å²) in [4.78, 5) is 7.68. The zero-order valence-electron chi connectivity index (χ0n) is 52.5. The highest BCUT2D eigenvalue weighted by molar-refractivity contribution is 7.00. The molecule has 0 atom stereocenters. The summed E-state index contributed by atoms with van der Waals surface area (Å²) < 4.78 is 9.02. The molecule has 0 amide bonds. The Hall–Kier alpha value is -9.00. The maximum absolute atomic E-state index is 6.59. The van der Waals surface area contributed by atoms with E-state index >= 15 is 0 Å². The van der Waals surface area contributed by atoms with Crippen molar-refractivity contribution in [3.05, 3.63) is 246 Å². The lowest BCUT2D eigenvalue weighted by atomic mass is 9.33. The van der Waals surface area contributed by atoms with Crippen molar-refractivity contribution in [1.82, 2.24) is 4.57 Å². The normalized spacial score (nSPS) is 13.4. The molecule has 14 rings (SSSR count). The highest BCUT2D eigenvalue weighted by Gasteiger charge is 2.45. The lowest BCUT2D eigenvalue weighted by molar-refractivity contribution is 0.590. The first-order valence-electron chi connectivity index (χ1n) is 30.8. The van der Waals surface area contributed by atoms with Crippen LogP contribution in [0.25, 0.3) is 49.8 Å². The van der Waals surface area contributed by atoms with Gasteiger partial charge in [0.15, 0.2) is 0 Å². The molecule has 6 heteroatoms. The monoisotopic (exact) mass is 1120 g/mol. The molecule has 0 saturated carbocycles. The van der Waals surface area contributed by atoms with Crippen LogP contribution in [-0.4, -0.2) is 11.3 Å². The molecule has 0 N–H and O–H groups in total. The largest absolute Gasteiger partial charge is 0.456 e. The number of aromatic nitrogens is 1.